The number of carbonyl (C=O) groups is 2. The fourth-order valence-corrected chi connectivity index (χ4v) is 3.62. The maximum atomic E-state index is 13.2. The number of anilines is 1. The molecule has 0 saturated carbocycles. The molecule has 1 aromatic carbocycles. The van der Waals surface area contributed by atoms with Crippen LogP contribution in [0.4, 0.5) is 29.3 Å². The normalized spacial score (nSPS) is 24.2. The van der Waals surface area contributed by atoms with Crippen molar-refractivity contribution in [2.45, 2.75) is 25.1 Å². The number of urea groups is 1. The van der Waals surface area contributed by atoms with Crippen molar-refractivity contribution < 1.29 is 27.7 Å². The summed E-state index contributed by atoms with van der Waals surface area (Å²) in [4.78, 5) is 37.0. The molecule has 3 aliphatic rings. The average Bonchev–Trinajstić information content (AvgIpc) is 3.15. The van der Waals surface area contributed by atoms with Gasteiger partial charge in [0.1, 0.15) is 11.3 Å². The van der Waals surface area contributed by atoms with Crippen molar-refractivity contribution in [3.63, 3.8) is 0 Å². The third-order valence-corrected chi connectivity index (χ3v) is 4.76. The molecule has 0 spiro atoms. The number of nitro groups is 1. The maximum absolute atomic E-state index is 13.2. The molecule has 1 fully saturated rings. The number of benzene rings is 1. The fraction of sp³-hybridized carbons (Fsp3) is 0.250. The van der Waals surface area contributed by atoms with Gasteiger partial charge in [-0.1, -0.05) is 12.2 Å². The van der Waals surface area contributed by atoms with Crippen LogP contribution in [0.3, 0.4) is 0 Å². The van der Waals surface area contributed by atoms with Crippen molar-refractivity contribution >= 4 is 23.3 Å². The van der Waals surface area contributed by atoms with E-state index in [0.29, 0.717) is 29.0 Å². The third kappa shape index (κ3) is 1.95. The molecule has 1 unspecified atom stereocenters. The summed E-state index contributed by atoms with van der Waals surface area (Å²) in [6, 6.07) is 1.30. The molecule has 7 nitrogen and oxygen atoms in total. The summed E-state index contributed by atoms with van der Waals surface area (Å²) in [5.41, 5.74) is -2.95. The number of fused-ring (bicyclic) bond motifs is 4. The minimum Gasteiger partial charge on any atom is -0.278 e. The highest BCUT2D eigenvalue weighted by molar-refractivity contribution is 6.28. The van der Waals surface area contributed by atoms with E-state index in [1.165, 1.54) is 4.90 Å². The Balaban J connectivity index is 1.83. The quantitative estimate of drug-likeness (QED) is 0.457. The minimum atomic E-state index is -5.01. The Hall–Kier alpha value is -3.17. The predicted molar refractivity (Wildman–Crippen MR) is 82.0 cm³/mol. The fourth-order valence-electron chi connectivity index (χ4n) is 3.62. The number of amides is 3. The molecule has 2 bridgehead atoms. The van der Waals surface area contributed by atoms with Crippen LogP contribution in [0.25, 0.3) is 0 Å². The zero-order chi connectivity index (χ0) is 19.0. The summed E-state index contributed by atoms with van der Waals surface area (Å²) in [7, 11) is 0. The maximum Gasteiger partial charge on any atom is 0.423 e. The number of carbonyl (C=O) groups excluding carboxylic acids is 2. The zero-order valence-electron chi connectivity index (χ0n) is 13.2. The Kier molecular flexibility index (Phi) is 2.96. The molecule has 3 amide bonds. The number of nitrogens with zero attached hydrogens (tertiary/aromatic N) is 3. The Bertz CT molecular complexity index is 966. The first-order valence-corrected chi connectivity index (χ1v) is 7.51. The van der Waals surface area contributed by atoms with Crippen molar-refractivity contribution in [2.24, 2.45) is 0 Å². The summed E-state index contributed by atoms with van der Waals surface area (Å²) in [6.07, 6.45) is -1.05. The molecule has 2 aliphatic heterocycles. The number of rotatable bonds is 2. The average molecular weight is 365 g/mol. The van der Waals surface area contributed by atoms with Crippen LogP contribution in [0.5, 0.6) is 0 Å². The highest BCUT2D eigenvalue weighted by atomic mass is 19.4. The van der Waals surface area contributed by atoms with E-state index in [0.717, 1.165) is 6.07 Å². The van der Waals surface area contributed by atoms with Crippen LogP contribution in [0.1, 0.15) is 18.9 Å². The molecule has 1 aromatic rings. The third-order valence-electron chi connectivity index (χ3n) is 4.76. The van der Waals surface area contributed by atoms with Gasteiger partial charge in [-0.2, -0.15) is 13.2 Å². The lowest BCUT2D eigenvalue weighted by Crippen LogP contribution is -2.43. The van der Waals surface area contributed by atoms with Crippen LogP contribution in [-0.4, -0.2) is 27.3 Å². The van der Waals surface area contributed by atoms with Gasteiger partial charge in [-0.15, -0.1) is 0 Å². The van der Waals surface area contributed by atoms with Gasteiger partial charge in [-0.3, -0.25) is 19.8 Å². The summed E-state index contributed by atoms with van der Waals surface area (Å²) in [5, 5.41) is 10.9. The lowest BCUT2D eigenvalue weighted by Gasteiger charge is -2.29. The van der Waals surface area contributed by atoms with Gasteiger partial charge >= 0.3 is 12.2 Å². The summed E-state index contributed by atoms with van der Waals surface area (Å²) >= 11 is 0. The molecule has 2 heterocycles. The minimum absolute atomic E-state index is 0.145. The first-order valence-electron chi connectivity index (χ1n) is 7.51. The van der Waals surface area contributed by atoms with Crippen LogP contribution in [0.15, 0.2) is 41.6 Å². The Morgan fingerprint density at radius 1 is 1.27 bits per heavy atom. The van der Waals surface area contributed by atoms with Crippen LogP contribution < -0.4 is 4.90 Å². The molecule has 1 saturated heterocycles. The summed E-state index contributed by atoms with van der Waals surface area (Å²) in [5.74, 6) is -0.736. The highest BCUT2D eigenvalue weighted by Gasteiger charge is 2.56. The molecule has 26 heavy (non-hydrogen) atoms. The van der Waals surface area contributed by atoms with E-state index < -0.39 is 39.8 Å². The molecule has 0 N–H and O–H groups in total. The number of hydrogen-bond acceptors (Lipinski definition) is 4. The lowest BCUT2D eigenvalue weighted by atomic mass is 10.0. The van der Waals surface area contributed by atoms with Gasteiger partial charge < -0.3 is 0 Å². The monoisotopic (exact) mass is 365 g/mol. The predicted octanol–water partition coefficient (Wildman–Crippen LogP) is 3.37. The number of imide groups is 1. The van der Waals surface area contributed by atoms with Gasteiger partial charge in [0.25, 0.3) is 11.6 Å². The summed E-state index contributed by atoms with van der Waals surface area (Å²) in [6.45, 7) is 1.75. The number of nitro benzene ring substituents is 1. The topological polar surface area (TPSA) is 83.8 Å². The molecule has 1 atom stereocenters. The molecule has 1 aliphatic carbocycles. The largest absolute Gasteiger partial charge is 0.423 e. The Labute approximate surface area is 144 Å². The number of alkyl halides is 3. The van der Waals surface area contributed by atoms with Gasteiger partial charge in [0.15, 0.2) is 0 Å². The Morgan fingerprint density at radius 3 is 2.54 bits per heavy atom. The standard InChI is InChI=1S/C16H10F3N3O4/c1-15-5-4-8(7-15)12-13(23)20(14(24)21(12)15)9-2-3-11(22(25)26)10(6-9)16(17,18)19/h2-6H,7H2,1H3. The molecule has 134 valence electrons. The van der Waals surface area contributed by atoms with E-state index in [4.69, 9.17) is 0 Å². The second-order valence-electron chi connectivity index (χ2n) is 6.46. The SMILES string of the molecule is CC12C=CC(=C3C(=O)N(c4ccc([N+](=O)[O-])c(C(F)(F)F)c4)C(=O)N31)C2. The van der Waals surface area contributed by atoms with Gasteiger partial charge in [0.2, 0.25) is 0 Å². The van der Waals surface area contributed by atoms with E-state index in [-0.39, 0.29) is 11.4 Å². The van der Waals surface area contributed by atoms with Crippen LogP contribution in [-0.2, 0) is 11.0 Å². The van der Waals surface area contributed by atoms with E-state index in [1.807, 2.05) is 0 Å². The first kappa shape index (κ1) is 16.3. The number of hydrogen-bond donors (Lipinski definition) is 0. The van der Waals surface area contributed by atoms with Crippen molar-refractivity contribution in [2.75, 3.05) is 4.90 Å². The van der Waals surface area contributed by atoms with Crippen LogP contribution in [0.2, 0.25) is 0 Å². The van der Waals surface area contributed by atoms with Gasteiger partial charge in [-0.05, 0) is 24.6 Å². The molecule has 10 heteroatoms. The van der Waals surface area contributed by atoms with Gasteiger partial charge in [0.05, 0.1) is 16.1 Å². The van der Waals surface area contributed by atoms with E-state index >= 15 is 0 Å². The van der Waals surface area contributed by atoms with Crippen molar-refractivity contribution in [1.29, 1.82) is 0 Å². The molecule has 0 radical (unpaired) electrons. The molecular weight excluding hydrogens is 355 g/mol. The number of allylic oxidation sites excluding steroid dienone is 1. The van der Waals surface area contributed by atoms with Gasteiger partial charge in [-0.25, -0.2) is 9.69 Å². The highest BCUT2D eigenvalue weighted by Crippen LogP contribution is 2.49. The molecule has 4 rings (SSSR count). The second kappa shape index (κ2) is 4.71. The second-order valence-corrected chi connectivity index (χ2v) is 6.46. The van der Waals surface area contributed by atoms with Gasteiger partial charge in [0, 0.05) is 12.5 Å². The van der Waals surface area contributed by atoms with Crippen molar-refractivity contribution in [3.8, 4) is 0 Å². The lowest BCUT2D eigenvalue weighted by molar-refractivity contribution is -0.388. The number of halogens is 3. The smallest absolute Gasteiger partial charge is 0.278 e. The first-order chi connectivity index (χ1) is 12.0. The van der Waals surface area contributed by atoms with E-state index in [1.54, 1.807) is 19.1 Å². The van der Waals surface area contributed by atoms with Crippen molar-refractivity contribution in [3.05, 3.63) is 57.3 Å². The Morgan fingerprint density at radius 2 is 1.96 bits per heavy atom. The van der Waals surface area contributed by atoms with Crippen LogP contribution >= 0.6 is 0 Å². The van der Waals surface area contributed by atoms with Crippen LogP contribution in [0, 0.1) is 10.1 Å². The van der Waals surface area contributed by atoms with E-state index in [9.17, 15) is 32.9 Å². The molecule has 0 aromatic heterocycles. The van der Waals surface area contributed by atoms with Crippen molar-refractivity contribution in [1.82, 2.24) is 4.90 Å². The molecular formula is C16H10F3N3O4. The van der Waals surface area contributed by atoms with E-state index in [2.05, 4.69) is 0 Å². The summed E-state index contributed by atoms with van der Waals surface area (Å²) < 4.78 is 39.5. The zero-order valence-corrected chi connectivity index (χ0v) is 13.2.